The van der Waals surface area contributed by atoms with Gasteiger partial charge >= 0.3 is 0 Å². The molecule has 0 spiro atoms. The quantitative estimate of drug-likeness (QED) is 0.349. The second-order valence-electron chi connectivity index (χ2n) is 6.09. The molecule has 0 radical (unpaired) electrons. The second kappa shape index (κ2) is 3.73. The van der Waals surface area contributed by atoms with Gasteiger partial charge in [0.15, 0.2) is 0 Å². The molecule has 0 aliphatic rings. The van der Waals surface area contributed by atoms with Gasteiger partial charge in [0.1, 0.15) is 0 Å². The smallest absolute Gasteiger partial charge is 0.00213 e. The molecule has 0 aliphatic carbocycles. The molecule has 4 rings (SSSR count). The number of hydrogen-bond acceptors (Lipinski definition) is 0. The maximum atomic E-state index is 2.31. The van der Waals surface area contributed by atoms with Gasteiger partial charge in [-0.25, -0.2) is 0 Å². The van der Waals surface area contributed by atoms with Crippen LogP contribution in [0.4, 0.5) is 0 Å². The molecule has 0 saturated heterocycles. The lowest BCUT2D eigenvalue weighted by Crippen LogP contribution is -1.92. The van der Waals surface area contributed by atoms with Crippen LogP contribution in [0.25, 0.3) is 32.3 Å². The van der Waals surface area contributed by atoms with Gasteiger partial charge in [0.2, 0.25) is 0 Å². The van der Waals surface area contributed by atoms with Gasteiger partial charge in [-0.3, -0.25) is 0 Å². The first kappa shape index (κ1) is 11.7. The summed E-state index contributed by atoms with van der Waals surface area (Å²) in [6.07, 6.45) is 0. The Morgan fingerprint density at radius 2 is 0.700 bits per heavy atom. The molecule has 0 saturated carbocycles. The van der Waals surface area contributed by atoms with E-state index in [1.807, 2.05) is 0 Å². The van der Waals surface area contributed by atoms with Gasteiger partial charge in [-0.05, 0) is 82.3 Å². The van der Waals surface area contributed by atoms with Crippen molar-refractivity contribution in [3.05, 3.63) is 58.7 Å². The third-order valence-electron chi connectivity index (χ3n) is 4.73. The van der Waals surface area contributed by atoms with Crippen LogP contribution in [0.5, 0.6) is 0 Å². The summed E-state index contributed by atoms with van der Waals surface area (Å²) in [5.74, 6) is 0. The van der Waals surface area contributed by atoms with E-state index in [2.05, 4.69) is 64.1 Å². The highest BCUT2D eigenvalue weighted by Gasteiger charge is 2.13. The van der Waals surface area contributed by atoms with Gasteiger partial charge in [0, 0.05) is 0 Å². The average molecular weight is 258 g/mol. The zero-order valence-corrected chi connectivity index (χ0v) is 12.5. The summed E-state index contributed by atoms with van der Waals surface area (Å²) in [7, 11) is 0. The van der Waals surface area contributed by atoms with Crippen molar-refractivity contribution in [1.82, 2.24) is 0 Å². The Morgan fingerprint density at radius 3 is 0.950 bits per heavy atom. The summed E-state index contributed by atoms with van der Waals surface area (Å²) in [6.45, 7) is 8.88. The van der Waals surface area contributed by atoms with E-state index in [1.54, 1.807) is 0 Å². The van der Waals surface area contributed by atoms with E-state index in [0.717, 1.165) is 0 Å². The number of hydrogen-bond donors (Lipinski definition) is 0. The topological polar surface area (TPSA) is 0 Å². The van der Waals surface area contributed by atoms with Crippen molar-refractivity contribution in [3.63, 3.8) is 0 Å². The zero-order chi connectivity index (χ0) is 14.0. The fraction of sp³-hybridized carbons (Fsp3) is 0.200. The molecule has 0 heterocycles. The van der Waals surface area contributed by atoms with E-state index in [-0.39, 0.29) is 0 Å². The molecule has 0 bridgehead atoms. The third kappa shape index (κ3) is 1.31. The molecule has 98 valence electrons. The molecule has 0 aliphatic heterocycles. The Labute approximate surface area is 119 Å². The van der Waals surface area contributed by atoms with E-state index >= 15 is 0 Å². The highest BCUT2D eigenvalue weighted by molar-refractivity contribution is 6.25. The van der Waals surface area contributed by atoms with Gasteiger partial charge in [-0.2, -0.15) is 0 Å². The summed E-state index contributed by atoms with van der Waals surface area (Å²) in [4.78, 5) is 0. The fourth-order valence-electron chi connectivity index (χ4n) is 3.77. The van der Waals surface area contributed by atoms with E-state index < -0.39 is 0 Å². The molecule has 0 nitrogen and oxygen atoms in total. The first-order valence-corrected chi connectivity index (χ1v) is 7.23. The third-order valence-corrected chi connectivity index (χ3v) is 4.73. The maximum absolute atomic E-state index is 2.31. The molecule has 0 amide bonds. The lowest BCUT2D eigenvalue weighted by Gasteiger charge is -2.17. The van der Waals surface area contributed by atoms with E-state index in [1.165, 1.54) is 54.6 Å². The Bertz CT molecular complexity index is 820. The summed E-state index contributed by atoms with van der Waals surface area (Å²) in [5, 5.41) is 8.48. The highest BCUT2D eigenvalue weighted by Crippen LogP contribution is 2.39. The summed E-state index contributed by atoms with van der Waals surface area (Å²) < 4.78 is 0. The Balaban J connectivity index is 2.47. The van der Waals surface area contributed by atoms with Crippen LogP contribution < -0.4 is 0 Å². The molecule has 0 unspecified atom stereocenters. The largest absolute Gasteiger partial charge is 0.0551 e. The Kier molecular flexibility index (Phi) is 2.18. The van der Waals surface area contributed by atoms with Crippen LogP contribution >= 0.6 is 0 Å². The number of aryl methyl sites for hydroxylation is 4. The summed E-state index contributed by atoms with van der Waals surface area (Å²) in [5.41, 5.74) is 5.51. The van der Waals surface area contributed by atoms with Crippen molar-refractivity contribution < 1.29 is 0 Å². The Morgan fingerprint density at radius 1 is 0.450 bits per heavy atom. The minimum atomic E-state index is 1.38. The molecule has 0 N–H and O–H groups in total. The first-order valence-electron chi connectivity index (χ1n) is 7.23. The van der Waals surface area contributed by atoms with Gasteiger partial charge in [-0.15, -0.1) is 0 Å². The van der Waals surface area contributed by atoms with Crippen molar-refractivity contribution in [3.8, 4) is 0 Å². The van der Waals surface area contributed by atoms with Gasteiger partial charge in [0.25, 0.3) is 0 Å². The minimum absolute atomic E-state index is 1.38. The van der Waals surface area contributed by atoms with Gasteiger partial charge in [-0.1, -0.05) is 36.4 Å². The first-order chi connectivity index (χ1) is 9.58. The van der Waals surface area contributed by atoms with Crippen molar-refractivity contribution in [2.24, 2.45) is 0 Å². The fourth-order valence-corrected chi connectivity index (χ4v) is 3.77. The molecular formula is C20H18. The predicted octanol–water partition coefficient (Wildman–Crippen LogP) is 5.82. The van der Waals surface area contributed by atoms with Crippen LogP contribution in [0.15, 0.2) is 36.4 Å². The van der Waals surface area contributed by atoms with Gasteiger partial charge in [0.05, 0.1) is 0 Å². The average Bonchev–Trinajstić information content (AvgIpc) is 2.42. The maximum Gasteiger partial charge on any atom is -0.00213 e. The lowest BCUT2D eigenvalue weighted by molar-refractivity contribution is 1.44. The molecule has 0 fully saturated rings. The van der Waals surface area contributed by atoms with Crippen molar-refractivity contribution >= 4 is 32.3 Å². The highest BCUT2D eigenvalue weighted by atomic mass is 14.2. The monoisotopic (exact) mass is 258 g/mol. The Hall–Kier alpha value is -2.08. The molecule has 0 aromatic heterocycles. The molecule has 0 heteroatoms. The van der Waals surface area contributed by atoms with Crippen LogP contribution in [0, 0.1) is 27.7 Å². The van der Waals surface area contributed by atoms with Crippen LogP contribution in [0.1, 0.15) is 22.3 Å². The standard InChI is InChI=1S/C20H18/c1-11-9-12(2)16-7-8-18-14(4)10-13(3)17-6-5-15(11)19(16)20(17)18/h5-10H,1-4H3. The van der Waals surface area contributed by atoms with E-state index in [0.29, 0.717) is 0 Å². The van der Waals surface area contributed by atoms with Crippen molar-refractivity contribution in [2.45, 2.75) is 27.7 Å². The van der Waals surface area contributed by atoms with Crippen LogP contribution in [0.3, 0.4) is 0 Å². The van der Waals surface area contributed by atoms with E-state index in [4.69, 9.17) is 0 Å². The predicted molar refractivity (Wildman–Crippen MR) is 89.1 cm³/mol. The van der Waals surface area contributed by atoms with Crippen molar-refractivity contribution in [2.75, 3.05) is 0 Å². The normalized spacial score (nSPS) is 12.0. The van der Waals surface area contributed by atoms with Crippen LogP contribution in [-0.4, -0.2) is 0 Å². The van der Waals surface area contributed by atoms with Crippen molar-refractivity contribution in [1.29, 1.82) is 0 Å². The summed E-state index contributed by atoms with van der Waals surface area (Å²) >= 11 is 0. The second-order valence-corrected chi connectivity index (χ2v) is 6.09. The number of benzene rings is 4. The number of rotatable bonds is 0. The SMILES string of the molecule is Cc1cc(C)c2ccc3c(C)cc(C)c4ccc1c2c43. The molecule has 20 heavy (non-hydrogen) atoms. The molecular weight excluding hydrogens is 240 g/mol. The zero-order valence-electron chi connectivity index (χ0n) is 12.5. The molecule has 0 atom stereocenters. The van der Waals surface area contributed by atoms with E-state index in [9.17, 15) is 0 Å². The van der Waals surface area contributed by atoms with Crippen LogP contribution in [0.2, 0.25) is 0 Å². The van der Waals surface area contributed by atoms with Gasteiger partial charge < -0.3 is 0 Å². The van der Waals surface area contributed by atoms with Crippen LogP contribution in [-0.2, 0) is 0 Å². The lowest BCUT2D eigenvalue weighted by atomic mass is 9.87. The summed E-state index contributed by atoms with van der Waals surface area (Å²) in [6, 6.07) is 13.8. The molecule has 4 aromatic rings. The minimum Gasteiger partial charge on any atom is -0.0551 e. The molecule has 4 aromatic carbocycles.